The molecule has 0 aromatic heterocycles. The van der Waals surface area contributed by atoms with E-state index in [0.29, 0.717) is 19.3 Å². The number of hydrogen-bond acceptors (Lipinski definition) is 6. The molecule has 0 saturated heterocycles. The molecule has 0 aromatic carbocycles. The molecule has 0 rings (SSSR count). The van der Waals surface area contributed by atoms with Gasteiger partial charge >= 0.3 is 17.9 Å². The van der Waals surface area contributed by atoms with E-state index in [1.807, 2.05) is 0 Å². The van der Waals surface area contributed by atoms with E-state index >= 15 is 0 Å². The molecule has 0 aliphatic carbocycles. The van der Waals surface area contributed by atoms with E-state index in [1.165, 1.54) is 57.8 Å². The van der Waals surface area contributed by atoms with Gasteiger partial charge in [-0.05, 0) is 109 Å². The van der Waals surface area contributed by atoms with Crippen molar-refractivity contribution in [3.05, 3.63) is 85.1 Å². The van der Waals surface area contributed by atoms with Crippen molar-refractivity contribution in [2.75, 3.05) is 13.2 Å². The molecule has 0 bridgehead atoms. The standard InChI is InChI=1S/C57H96O6/c1-4-7-10-13-16-19-22-25-28-31-34-37-40-43-46-49-55(58)61-52-54(63-57(60)51-48-45-42-39-36-33-30-27-24-21-18-15-12-9-6-3)53-62-56(59)50-47-44-41-38-35-32-29-26-23-20-17-14-11-8-5-2/h7,9-10,12,16,18-19,21,25-30,54H,4-6,8,11,13-15,17,20,22-24,31-53H2,1-3H3/b10-7-,12-9-,19-16-,21-18-,28-25-,29-26-,30-27-/t54-/m0/s1. The normalized spacial score (nSPS) is 12.7. The Labute approximate surface area is 388 Å². The summed E-state index contributed by atoms with van der Waals surface area (Å²) in [6, 6.07) is 0. The Morgan fingerprint density at radius 2 is 0.619 bits per heavy atom. The number of allylic oxidation sites excluding steroid dienone is 14. The molecular weight excluding hydrogens is 781 g/mol. The van der Waals surface area contributed by atoms with Crippen LogP contribution >= 0.6 is 0 Å². The Morgan fingerprint density at radius 1 is 0.333 bits per heavy atom. The molecule has 0 N–H and O–H groups in total. The lowest BCUT2D eigenvalue weighted by Crippen LogP contribution is -2.30. The Hall–Kier alpha value is -3.41. The van der Waals surface area contributed by atoms with Gasteiger partial charge in [0.15, 0.2) is 6.10 Å². The Balaban J connectivity index is 4.46. The van der Waals surface area contributed by atoms with Crippen LogP contribution in [0.3, 0.4) is 0 Å². The molecule has 0 aliphatic heterocycles. The third kappa shape index (κ3) is 49.5. The number of hydrogen-bond donors (Lipinski definition) is 0. The smallest absolute Gasteiger partial charge is 0.306 e. The minimum atomic E-state index is -0.796. The predicted octanol–water partition coefficient (Wildman–Crippen LogP) is 17.2. The van der Waals surface area contributed by atoms with Crippen molar-refractivity contribution in [3.8, 4) is 0 Å². The largest absolute Gasteiger partial charge is 0.462 e. The maximum atomic E-state index is 12.8. The number of rotatable bonds is 46. The van der Waals surface area contributed by atoms with Crippen molar-refractivity contribution in [2.45, 2.75) is 245 Å². The summed E-state index contributed by atoms with van der Waals surface area (Å²) in [6.07, 6.45) is 65.6. The molecule has 0 spiro atoms. The minimum Gasteiger partial charge on any atom is -0.462 e. The van der Waals surface area contributed by atoms with E-state index in [4.69, 9.17) is 14.2 Å². The summed E-state index contributed by atoms with van der Waals surface area (Å²) < 4.78 is 16.8. The van der Waals surface area contributed by atoms with Gasteiger partial charge in [0.1, 0.15) is 13.2 Å². The van der Waals surface area contributed by atoms with E-state index in [2.05, 4.69) is 106 Å². The quantitative estimate of drug-likeness (QED) is 0.0262. The Bertz CT molecular complexity index is 1240. The van der Waals surface area contributed by atoms with Gasteiger partial charge in [-0.15, -0.1) is 0 Å². The van der Waals surface area contributed by atoms with E-state index in [1.54, 1.807) is 0 Å². The highest BCUT2D eigenvalue weighted by molar-refractivity contribution is 5.71. The SMILES string of the molecule is CC/C=C\C/C=C\C/C=C\CCCCCCCC(=O)OC[C@@H](COC(=O)CCCCCCC/C=C\CCCCCCCC)OC(=O)CCCCCCC/C=C\C/C=C\C/C=C\CC. The van der Waals surface area contributed by atoms with Gasteiger partial charge in [0, 0.05) is 19.3 Å². The van der Waals surface area contributed by atoms with E-state index in [-0.39, 0.29) is 31.1 Å². The second-order valence-electron chi connectivity index (χ2n) is 17.0. The number of unbranched alkanes of at least 4 members (excludes halogenated alkanes) is 21. The van der Waals surface area contributed by atoms with Crippen molar-refractivity contribution >= 4 is 17.9 Å². The van der Waals surface area contributed by atoms with Crippen LogP contribution in [0.15, 0.2) is 85.1 Å². The molecule has 6 heteroatoms. The molecule has 63 heavy (non-hydrogen) atoms. The molecule has 1 atom stereocenters. The van der Waals surface area contributed by atoms with Gasteiger partial charge in [0.25, 0.3) is 0 Å². The fourth-order valence-electron chi connectivity index (χ4n) is 6.99. The third-order valence-corrected chi connectivity index (χ3v) is 10.9. The van der Waals surface area contributed by atoms with E-state index in [0.717, 1.165) is 141 Å². The van der Waals surface area contributed by atoms with E-state index < -0.39 is 6.10 Å². The van der Waals surface area contributed by atoms with Crippen molar-refractivity contribution in [1.29, 1.82) is 0 Å². The molecule has 0 radical (unpaired) electrons. The zero-order chi connectivity index (χ0) is 45.8. The molecular formula is C57H96O6. The highest BCUT2D eigenvalue weighted by Gasteiger charge is 2.19. The lowest BCUT2D eigenvalue weighted by atomic mass is 10.1. The van der Waals surface area contributed by atoms with Gasteiger partial charge in [0.05, 0.1) is 0 Å². The lowest BCUT2D eigenvalue weighted by Gasteiger charge is -2.18. The monoisotopic (exact) mass is 877 g/mol. The Morgan fingerprint density at radius 3 is 0.984 bits per heavy atom. The van der Waals surface area contributed by atoms with Crippen molar-refractivity contribution < 1.29 is 28.6 Å². The molecule has 0 heterocycles. The molecule has 0 aliphatic rings. The van der Waals surface area contributed by atoms with Crippen LogP contribution in [0.25, 0.3) is 0 Å². The summed E-state index contributed by atoms with van der Waals surface area (Å²) in [6.45, 7) is 6.37. The zero-order valence-electron chi connectivity index (χ0n) is 41.1. The minimum absolute atomic E-state index is 0.0941. The highest BCUT2D eigenvalue weighted by Crippen LogP contribution is 2.14. The van der Waals surface area contributed by atoms with Gasteiger partial charge in [-0.1, -0.05) is 196 Å². The molecule has 6 nitrogen and oxygen atoms in total. The van der Waals surface area contributed by atoms with Crippen molar-refractivity contribution in [3.63, 3.8) is 0 Å². The first-order valence-corrected chi connectivity index (χ1v) is 26.1. The molecule has 360 valence electrons. The number of ether oxygens (including phenoxy) is 3. The predicted molar refractivity (Wildman–Crippen MR) is 270 cm³/mol. The fourth-order valence-corrected chi connectivity index (χ4v) is 6.99. The summed E-state index contributed by atoms with van der Waals surface area (Å²) in [7, 11) is 0. The number of carbonyl (C=O) groups excluding carboxylic acids is 3. The van der Waals surface area contributed by atoms with Gasteiger partial charge in [-0.25, -0.2) is 0 Å². The summed E-state index contributed by atoms with van der Waals surface area (Å²) >= 11 is 0. The van der Waals surface area contributed by atoms with Crippen molar-refractivity contribution in [1.82, 2.24) is 0 Å². The van der Waals surface area contributed by atoms with Gasteiger partial charge in [-0.3, -0.25) is 14.4 Å². The van der Waals surface area contributed by atoms with Gasteiger partial charge in [-0.2, -0.15) is 0 Å². The Kier molecular flexibility index (Phi) is 48.5. The summed E-state index contributed by atoms with van der Waals surface area (Å²) in [5.74, 6) is -0.936. The molecule has 0 aromatic rings. The zero-order valence-corrected chi connectivity index (χ0v) is 41.1. The van der Waals surface area contributed by atoms with Crippen LogP contribution in [0.1, 0.15) is 239 Å². The average molecular weight is 877 g/mol. The summed E-state index contributed by atoms with van der Waals surface area (Å²) in [5.41, 5.74) is 0. The second-order valence-corrected chi connectivity index (χ2v) is 17.0. The van der Waals surface area contributed by atoms with Crippen LogP contribution in [-0.4, -0.2) is 37.2 Å². The maximum absolute atomic E-state index is 12.8. The number of carbonyl (C=O) groups is 3. The topological polar surface area (TPSA) is 78.9 Å². The van der Waals surface area contributed by atoms with Crippen LogP contribution in [0.4, 0.5) is 0 Å². The third-order valence-electron chi connectivity index (χ3n) is 10.9. The average Bonchev–Trinajstić information content (AvgIpc) is 3.28. The van der Waals surface area contributed by atoms with Crippen LogP contribution in [0.5, 0.6) is 0 Å². The first kappa shape index (κ1) is 59.6. The maximum Gasteiger partial charge on any atom is 0.306 e. The first-order valence-electron chi connectivity index (χ1n) is 26.1. The first-order chi connectivity index (χ1) is 31.0. The van der Waals surface area contributed by atoms with Crippen LogP contribution in [0.2, 0.25) is 0 Å². The van der Waals surface area contributed by atoms with Gasteiger partial charge < -0.3 is 14.2 Å². The van der Waals surface area contributed by atoms with Crippen molar-refractivity contribution in [2.24, 2.45) is 0 Å². The summed E-state index contributed by atoms with van der Waals surface area (Å²) in [4.78, 5) is 38.0. The molecule has 0 unspecified atom stereocenters. The molecule has 0 fully saturated rings. The second kappa shape index (κ2) is 51.2. The van der Waals surface area contributed by atoms with E-state index in [9.17, 15) is 14.4 Å². The molecule has 0 amide bonds. The lowest BCUT2D eigenvalue weighted by molar-refractivity contribution is -0.167. The highest BCUT2D eigenvalue weighted by atomic mass is 16.6. The van der Waals surface area contributed by atoms with Crippen LogP contribution < -0.4 is 0 Å². The fraction of sp³-hybridized carbons (Fsp3) is 0.702. The van der Waals surface area contributed by atoms with Crippen LogP contribution in [-0.2, 0) is 28.6 Å². The molecule has 0 saturated carbocycles. The number of esters is 3. The van der Waals surface area contributed by atoms with Crippen LogP contribution in [0, 0.1) is 0 Å². The summed E-state index contributed by atoms with van der Waals surface area (Å²) in [5, 5.41) is 0. The van der Waals surface area contributed by atoms with Gasteiger partial charge in [0.2, 0.25) is 0 Å².